The number of para-hydroxylation sites is 1. The van der Waals surface area contributed by atoms with Gasteiger partial charge in [-0.1, -0.05) is 29.5 Å². The second kappa shape index (κ2) is 9.57. The molecule has 8 heteroatoms. The summed E-state index contributed by atoms with van der Waals surface area (Å²) in [6.07, 6.45) is 6.50. The van der Waals surface area contributed by atoms with Crippen molar-refractivity contribution in [2.75, 3.05) is 19.1 Å². The first kappa shape index (κ1) is 21.5. The standard InChI is InChI=1S/C24H20FN3O3S/c1-30-19-10-8-16(13-20(19)31-2)9-11-22(29)28(15-17-5-4-12-26-14-17)24-27-23-18(25)6-3-7-21(23)32-24/h3-14H,15H2,1-2H3/b11-9+. The van der Waals surface area contributed by atoms with Gasteiger partial charge in [-0.3, -0.25) is 14.7 Å². The molecule has 0 aliphatic heterocycles. The molecule has 6 nitrogen and oxygen atoms in total. The van der Waals surface area contributed by atoms with E-state index in [4.69, 9.17) is 9.47 Å². The van der Waals surface area contributed by atoms with Gasteiger partial charge in [-0.25, -0.2) is 9.37 Å². The minimum Gasteiger partial charge on any atom is -0.493 e. The van der Waals surface area contributed by atoms with E-state index in [0.29, 0.717) is 21.3 Å². The Morgan fingerprint density at radius 1 is 1.12 bits per heavy atom. The van der Waals surface area contributed by atoms with E-state index in [1.165, 1.54) is 28.4 Å². The van der Waals surface area contributed by atoms with Crippen LogP contribution in [0.4, 0.5) is 9.52 Å². The number of aromatic nitrogens is 2. The first-order valence-corrected chi connectivity index (χ1v) is 10.6. The molecule has 0 atom stereocenters. The number of halogens is 1. The molecule has 0 bridgehead atoms. The Balaban J connectivity index is 1.66. The summed E-state index contributed by atoms with van der Waals surface area (Å²) < 4.78 is 25.4. The molecule has 2 heterocycles. The average molecular weight is 450 g/mol. The second-order valence-electron chi connectivity index (χ2n) is 6.82. The van der Waals surface area contributed by atoms with Crippen molar-refractivity contribution in [3.63, 3.8) is 0 Å². The zero-order chi connectivity index (χ0) is 22.5. The summed E-state index contributed by atoms with van der Waals surface area (Å²) in [4.78, 5) is 23.2. The van der Waals surface area contributed by atoms with Crippen LogP contribution in [0.1, 0.15) is 11.1 Å². The smallest absolute Gasteiger partial charge is 0.253 e. The van der Waals surface area contributed by atoms with Crippen molar-refractivity contribution < 1.29 is 18.7 Å². The lowest BCUT2D eigenvalue weighted by atomic mass is 10.2. The van der Waals surface area contributed by atoms with Crippen LogP contribution in [-0.2, 0) is 11.3 Å². The number of hydrogen-bond acceptors (Lipinski definition) is 6. The summed E-state index contributed by atoms with van der Waals surface area (Å²) >= 11 is 1.26. The fourth-order valence-electron chi connectivity index (χ4n) is 3.15. The van der Waals surface area contributed by atoms with Crippen LogP contribution in [0.5, 0.6) is 11.5 Å². The summed E-state index contributed by atoms with van der Waals surface area (Å²) in [7, 11) is 3.12. The third kappa shape index (κ3) is 4.60. The fraction of sp³-hybridized carbons (Fsp3) is 0.125. The van der Waals surface area contributed by atoms with Gasteiger partial charge < -0.3 is 9.47 Å². The van der Waals surface area contributed by atoms with Gasteiger partial charge in [0.1, 0.15) is 11.3 Å². The van der Waals surface area contributed by atoms with Gasteiger partial charge >= 0.3 is 0 Å². The number of fused-ring (bicyclic) bond motifs is 1. The van der Waals surface area contributed by atoms with E-state index in [1.807, 2.05) is 12.1 Å². The third-order valence-corrected chi connectivity index (χ3v) is 5.79. The summed E-state index contributed by atoms with van der Waals surface area (Å²) in [6, 6.07) is 13.8. The number of rotatable bonds is 7. The van der Waals surface area contributed by atoms with E-state index in [9.17, 15) is 9.18 Å². The van der Waals surface area contributed by atoms with Crippen molar-refractivity contribution in [1.29, 1.82) is 0 Å². The molecule has 0 aliphatic rings. The van der Waals surface area contributed by atoms with E-state index in [1.54, 1.807) is 63.0 Å². The predicted octanol–water partition coefficient (Wildman–Crippen LogP) is 5.09. The van der Waals surface area contributed by atoms with Gasteiger partial charge in [0.2, 0.25) is 0 Å². The predicted molar refractivity (Wildman–Crippen MR) is 124 cm³/mol. The van der Waals surface area contributed by atoms with Gasteiger partial charge in [0.15, 0.2) is 16.6 Å². The Hall–Kier alpha value is -3.78. The number of ether oxygens (including phenoxy) is 2. The monoisotopic (exact) mass is 449 g/mol. The Morgan fingerprint density at radius 2 is 1.97 bits per heavy atom. The lowest BCUT2D eigenvalue weighted by Gasteiger charge is -2.18. The minimum atomic E-state index is -0.417. The molecule has 0 N–H and O–H groups in total. The van der Waals surface area contributed by atoms with Crippen molar-refractivity contribution in [2.45, 2.75) is 6.54 Å². The molecule has 32 heavy (non-hydrogen) atoms. The van der Waals surface area contributed by atoms with Crippen LogP contribution in [0.2, 0.25) is 0 Å². The first-order valence-electron chi connectivity index (χ1n) is 9.74. The molecule has 0 aliphatic carbocycles. The van der Waals surface area contributed by atoms with Gasteiger partial charge in [0.05, 0.1) is 25.5 Å². The van der Waals surface area contributed by atoms with E-state index in [2.05, 4.69) is 9.97 Å². The number of amides is 1. The maximum Gasteiger partial charge on any atom is 0.253 e. The highest BCUT2D eigenvalue weighted by molar-refractivity contribution is 7.22. The molecule has 2 aromatic carbocycles. The number of carbonyl (C=O) groups is 1. The number of nitrogens with zero attached hydrogens (tertiary/aromatic N) is 3. The Bertz CT molecular complexity index is 1270. The number of carbonyl (C=O) groups excluding carboxylic acids is 1. The largest absolute Gasteiger partial charge is 0.493 e. The maximum atomic E-state index is 14.2. The topological polar surface area (TPSA) is 64.5 Å². The highest BCUT2D eigenvalue weighted by Gasteiger charge is 2.20. The van der Waals surface area contributed by atoms with Gasteiger partial charge in [-0.15, -0.1) is 0 Å². The van der Waals surface area contributed by atoms with Crippen LogP contribution in [-0.4, -0.2) is 30.1 Å². The Morgan fingerprint density at radius 3 is 2.69 bits per heavy atom. The van der Waals surface area contributed by atoms with Gasteiger partial charge in [-0.05, 0) is 47.5 Å². The van der Waals surface area contributed by atoms with E-state index >= 15 is 0 Å². The number of thiazole rings is 1. The van der Waals surface area contributed by atoms with Crippen molar-refractivity contribution in [3.8, 4) is 11.5 Å². The normalized spacial score (nSPS) is 11.1. The zero-order valence-corrected chi connectivity index (χ0v) is 18.3. The lowest BCUT2D eigenvalue weighted by Crippen LogP contribution is -2.28. The number of methoxy groups -OCH3 is 2. The average Bonchev–Trinajstić information content (AvgIpc) is 3.27. The molecular formula is C24H20FN3O3S. The molecule has 2 aromatic heterocycles. The molecule has 0 radical (unpaired) electrons. The Labute approximate surface area is 188 Å². The van der Waals surface area contributed by atoms with Crippen molar-refractivity contribution in [3.05, 3.63) is 83.9 Å². The van der Waals surface area contributed by atoms with Gasteiger partial charge in [0.25, 0.3) is 5.91 Å². The minimum absolute atomic E-state index is 0.250. The number of anilines is 1. The molecule has 0 fully saturated rings. The summed E-state index contributed by atoms with van der Waals surface area (Å²) in [5.74, 6) is 0.462. The van der Waals surface area contributed by atoms with Crippen LogP contribution < -0.4 is 14.4 Å². The van der Waals surface area contributed by atoms with Crippen molar-refractivity contribution in [2.24, 2.45) is 0 Å². The highest BCUT2D eigenvalue weighted by atomic mass is 32.1. The molecular weight excluding hydrogens is 429 g/mol. The number of benzene rings is 2. The van der Waals surface area contributed by atoms with Crippen LogP contribution in [0, 0.1) is 5.82 Å². The molecule has 0 saturated heterocycles. The Kier molecular flexibility index (Phi) is 6.42. The molecule has 0 unspecified atom stereocenters. The van der Waals surface area contributed by atoms with Crippen LogP contribution >= 0.6 is 11.3 Å². The molecule has 0 spiro atoms. The molecule has 162 valence electrons. The van der Waals surface area contributed by atoms with Gasteiger partial charge in [-0.2, -0.15) is 0 Å². The highest BCUT2D eigenvalue weighted by Crippen LogP contribution is 2.32. The summed E-state index contributed by atoms with van der Waals surface area (Å²) in [5.41, 5.74) is 1.85. The number of hydrogen-bond donors (Lipinski definition) is 0. The quantitative estimate of drug-likeness (QED) is 0.368. The van der Waals surface area contributed by atoms with Gasteiger partial charge in [0, 0.05) is 18.5 Å². The van der Waals surface area contributed by atoms with Crippen LogP contribution in [0.15, 0.2) is 67.0 Å². The first-order chi connectivity index (χ1) is 15.6. The zero-order valence-electron chi connectivity index (χ0n) is 17.5. The van der Waals surface area contributed by atoms with Crippen molar-refractivity contribution >= 4 is 38.7 Å². The van der Waals surface area contributed by atoms with Crippen LogP contribution in [0.3, 0.4) is 0 Å². The fourth-order valence-corrected chi connectivity index (χ4v) is 4.13. The lowest BCUT2D eigenvalue weighted by molar-refractivity contribution is -0.114. The summed E-state index contributed by atoms with van der Waals surface area (Å²) in [6.45, 7) is 0.254. The third-order valence-electron chi connectivity index (χ3n) is 4.74. The SMILES string of the molecule is COc1ccc(/C=C/C(=O)N(Cc2cccnc2)c2nc3c(F)cccc3s2)cc1OC. The van der Waals surface area contributed by atoms with Crippen LogP contribution in [0.25, 0.3) is 16.3 Å². The van der Waals surface area contributed by atoms with E-state index in [-0.39, 0.29) is 18.0 Å². The van der Waals surface area contributed by atoms with E-state index in [0.717, 1.165) is 11.1 Å². The molecule has 4 rings (SSSR count). The van der Waals surface area contributed by atoms with Crippen molar-refractivity contribution in [1.82, 2.24) is 9.97 Å². The summed E-state index contributed by atoms with van der Waals surface area (Å²) in [5, 5.41) is 0.413. The number of pyridine rings is 1. The van der Waals surface area contributed by atoms with E-state index < -0.39 is 5.82 Å². The molecule has 1 amide bonds. The molecule has 0 saturated carbocycles. The second-order valence-corrected chi connectivity index (χ2v) is 7.83. The molecule has 4 aromatic rings. The maximum absolute atomic E-state index is 14.2.